The van der Waals surface area contributed by atoms with Crippen LogP contribution in [0.2, 0.25) is 0 Å². The lowest BCUT2D eigenvalue weighted by molar-refractivity contribution is 0.0786. The van der Waals surface area contributed by atoms with Crippen molar-refractivity contribution < 1.29 is 14.3 Å². The van der Waals surface area contributed by atoms with Crippen LogP contribution in [0.3, 0.4) is 0 Å². The van der Waals surface area contributed by atoms with Crippen molar-refractivity contribution in [2.75, 3.05) is 45.4 Å². The molecule has 0 atom stereocenters. The van der Waals surface area contributed by atoms with Crippen molar-refractivity contribution in [1.29, 1.82) is 0 Å². The Balaban J connectivity index is 1.44. The van der Waals surface area contributed by atoms with Gasteiger partial charge in [0, 0.05) is 37.9 Å². The SMILES string of the molecule is COc1ccc(-c2[nH]ncc2C(=O)N(C)Cc2ccc(N3CCOCC3)cc2)cc1. The maximum absolute atomic E-state index is 13.1. The van der Waals surface area contributed by atoms with Crippen molar-refractivity contribution >= 4 is 11.6 Å². The fourth-order valence-corrected chi connectivity index (χ4v) is 3.61. The molecular formula is C23H26N4O3. The molecule has 2 heterocycles. The van der Waals surface area contributed by atoms with E-state index in [2.05, 4.69) is 39.4 Å². The van der Waals surface area contributed by atoms with Crippen LogP contribution in [-0.4, -0.2) is 61.5 Å². The number of amides is 1. The average molecular weight is 406 g/mol. The van der Waals surface area contributed by atoms with E-state index in [4.69, 9.17) is 9.47 Å². The van der Waals surface area contributed by atoms with Gasteiger partial charge in [0.25, 0.3) is 5.91 Å². The molecule has 2 aromatic carbocycles. The molecule has 1 amide bonds. The molecule has 0 bridgehead atoms. The molecule has 0 saturated carbocycles. The van der Waals surface area contributed by atoms with Crippen LogP contribution >= 0.6 is 0 Å². The van der Waals surface area contributed by atoms with E-state index in [1.165, 1.54) is 5.69 Å². The Bertz CT molecular complexity index is 976. The monoisotopic (exact) mass is 406 g/mol. The smallest absolute Gasteiger partial charge is 0.257 e. The molecular weight excluding hydrogens is 380 g/mol. The van der Waals surface area contributed by atoms with Gasteiger partial charge in [-0.05, 0) is 42.0 Å². The van der Waals surface area contributed by atoms with E-state index in [0.29, 0.717) is 17.8 Å². The molecule has 1 aliphatic rings. The summed E-state index contributed by atoms with van der Waals surface area (Å²) in [6, 6.07) is 15.9. The molecule has 4 rings (SSSR count). The fourth-order valence-electron chi connectivity index (χ4n) is 3.61. The summed E-state index contributed by atoms with van der Waals surface area (Å²) < 4.78 is 10.6. The Morgan fingerprint density at radius 2 is 1.83 bits per heavy atom. The maximum Gasteiger partial charge on any atom is 0.257 e. The highest BCUT2D eigenvalue weighted by Gasteiger charge is 2.19. The van der Waals surface area contributed by atoms with Gasteiger partial charge in [-0.3, -0.25) is 9.89 Å². The number of nitrogens with one attached hydrogen (secondary N) is 1. The van der Waals surface area contributed by atoms with Gasteiger partial charge in [-0.2, -0.15) is 5.10 Å². The number of aromatic nitrogens is 2. The summed E-state index contributed by atoms with van der Waals surface area (Å²) in [5.74, 6) is 0.690. The van der Waals surface area contributed by atoms with Crippen LogP contribution in [0.15, 0.2) is 54.7 Å². The molecule has 1 aliphatic heterocycles. The molecule has 1 saturated heterocycles. The third-order valence-corrected chi connectivity index (χ3v) is 5.33. The number of methoxy groups -OCH3 is 1. The number of H-pyrrole nitrogens is 1. The first kappa shape index (κ1) is 20.0. The van der Waals surface area contributed by atoms with Crippen molar-refractivity contribution in [1.82, 2.24) is 15.1 Å². The van der Waals surface area contributed by atoms with E-state index in [1.807, 2.05) is 31.3 Å². The Kier molecular flexibility index (Phi) is 5.99. The van der Waals surface area contributed by atoms with Gasteiger partial charge in [0.1, 0.15) is 5.75 Å². The van der Waals surface area contributed by atoms with E-state index in [9.17, 15) is 4.79 Å². The van der Waals surface area contributed by atoms with Gasteiger partial charge in [0.2, 0.25) is 0 Å². The summed E-state index contributed by atoms with van der Waals surface area (Å²) in [6.07, 6.45) is 1.58. The topological polar surface area (TPSA) is 70.7 Å². The average Bonchev–Trinajstić information content (AvgIpc) is 3.29. The van der Waals surface area contributed by atoms with Crippen molar-refractivity contribution in [2.24, 2.45) is 0 Å². The second-order valence-corrected chi connectivity index (χ2v) is 7.31. The number of carbonyl (C=O) groups excluding carboxylic acids is 1. The van der Waals surface area contributed by atoms with Crippen LogP contribution in [0.4, 0.5) is 5.69 Å². The van der Waals surface area contributed by atoms with Gasteiger partial charge in [0.15, 0.2) is 0 Å². The highest BCUT2D eigenvalue weighted by atomic mass is 16.5. The largest absolute Gasteiger partial charge is 0.497 e. The molecule has 30 heavy (non-hydrogen) atoms. The van der Waals surface area contributed by atoms with Gasteiger partial charge in [-0.25, -0.2) is 0 Å². The second-order valence-electron chi connectivity index (χ2n) is 7.31. The lowest BCUT2D eigenvalue weighted by Gasteiger charge is -2.29. The minimum Gasteiger partial charge on any atom is -0.497 e. The third-order valence-electron chi connectivity index (χ3n) is 5.33. The molecule has 1 fully saturated rings. The molecule has 7 heteroatoms. The minimum absolute atomic E-state index is 0.0770. The summed E-state index contributed by atoms with van der Waals surface area (Å²) in [5, 5.41) is 7.04. The first-order valence-corrected chi connectivity index (χ1v) is 10.0. The third kappa shape index (κ3) is 4.31. The van der Waals surface area contributed by atoms with Crippen molar-refractivity contribution in [3.63, 3.8) is 0 Å². The van der Waals surface area contributed by atoms with Crippen molar-refractivity contribution in [3.05, 3.63) is 65.9 Å². The molecule has 1 N–H and O–H groups in total. The molecule has 0 aliphatic carbocycles. The standard InChI is InChI=1S/C23H26N4O3/c1-26(16-17-3-7-19(8-4-17)27-11-13-30-14-12-27)23(28)21-15-24-25-22(21)18-5-9-20(29-2)10-6-18/h3-10,15H,11-14,16H2,1-2H3,(H,24,25). The molecule has 3 aromatic rings. The Labute approximate surface area is 176 Å². The van der Waals surface area contributed by atoms with Crippen LogP contribution in [0.5, 0.6) is 5.75 Å². The minimum atomic E-state index is -0.0770. The summed E-state index contributed by atoms with van der Waals surface area (Å²) in [5.41, 5.74) is 4.41. The van der Waals surface area contributed by atoms with Gasteiger partial charge in [-0.15, -0.1) is 0 Å². The predicted octanol–water partition coefficient (Wildman–Crippen LogP) is 3.19. The number of carbonyl (C=O) groups is 1. The Morgan fingerprint density at radius 1 is 1.13 bits per heavy atom. The van der Waals surface area contributed by atoms with Gasteiger partial charge < -0.3 is 19.3 Å². The van der Waals surface area contributed by atoms with Gasteiger partial charge >= 0.3 is 0 Å². The summed E-state index contributed by atoms with van der Waals surface area (Å²) in [4.78, 5) is 17.1. The number of morpholine rings is 1. The van der Waals surface area contributed by atoms with Crippen LogP contribution in [0.25, 0.3) is 11.3 Å². The zero-order chi connectivity index (χ0) is 20.9. The molecule has 0 unspecified atom stereocenters. The highest BCUT2D eigenvalue weighted by Crippen LogP contribution is 2.25. The van der Waals surface area contributed by atoms with Crippen LogP contribution in [0, 0.1) is 0 Å². The van der Waals surface area contributed by atoms with Crippen LogP contribution in [-0.2, 0) is 11.3 Å². The molecule has 0 spiro atoms. The van der Waals surface area contributed by atoms with Gasteiger partial charge in [0.05, 0.1) is 37.8 Å². The van der Waals surface area contributed by atoms with Crippen molar-refractivity contribution in [2.45, 2.75) is 6.54 Å². The van der Waals surface area contributed by atoms with Gasteiger partial charge in [-0.1, -0.05) is 12.1 Å². The number of nitrogens with zero attached hydrogens (tertiary/aromatic N) is 3. The lowest BCUT2D eigenvalue weighted by atomic mass is 10.1. The van der Waals surface area contributed by atoms with Crippen LogP contribution < -0.4 is 9.64 Å². The zero-order valence-corrected chi connectivity index (χ0v) is 17.3. The molecule has 7 nitrogen and oxygen atoms in total. The lowest BCUT2D eigenvalue weighted by Crippen LogP contribution is -2.36. The van der Waals surface area contributed by atoms with E-state index < -0.39 is 0 Å². The first-order valence-electron chi connectivity index (χ1n) is 10.0. The Morgan fingerprint density at radius 3 is 2.50 bits per heavy atom. The number of ether oxygens (including phenoxy) is 2. The summed E-state index contributed by atoms with van der Waals surface area (Å²) in [7, 11) is 3.44. The van der Waals surface area contributed by atoms with Crippen molar-refractivity contribution in [3.8, 4) is 17.0 Å². The summed E-state index contributed by atoms with van der Waals surface area (Å²) in [6.45, 7) is 3.87. The number of hydrogen-bond donors (Lipinski definition) is 1. The first-order chi connectivity index (χ1) is 14.7. The fraction of sp³-hybridized carbons (Fsp3) is 0.304. The summed E-state index contributed by atoms with van der Waals surface area (Å²) >= 11 is 0. The highest BCUT2D eigenvalue weighted by molar-refractivity contribution is 5.99. The normalized spacial score (nSPS) is 13.9. The molecule has 156 valence electrons. The van der Waals surface area contributed by atoms with Crippen LogP contribution in [0.1, 0.15) is 15.9 Å². The number of rotatable bonds is 6. The van der Waals surface area contributed by atoms with E-state index in [-0.39, 0.29) is 5.91 Å². The number of anilines is 1. The number of aromatic amines is 1. The Hall–Kier alpha value is -3.32. The van der Waals surface area contributed by atoms with E-state index >= 15 is 0 Å². The number of benzene rings is 2. The second kappa shape index (κ2) is 9.00. The quantitative estimate of drug-likeness (QED) is 0.681. The predicted molar refractivity (Wildman–Crippen MR) is 116 cm³/mol. The number of hydrogen-bond acceptors (Lipinski definition) is 5. The van der Waals surface area contributed by atoms with E-state index in [0.717, 1.165) is 43.2 Å². The molecule has 0 radical (unpaired) electrons. The molecule has 1 aromatic heterocycles. The zero-order valence-electron chi connectivity index (χ0n) is 17.3. The van der Waals surface area contributed by atoms with E-state index in [1.54, 1.807) is 18.2 Å². The maximum atomic E-state index is 13.1.